The second kappa shape index (κ2) is 8.62. The van der Waals surface area contributed by atoms with Crippen molar-refractivity contribution in [2.24, 2.45) is 0 Å². The Labute approximate surface area is 199 Å². The number of carboxylic acids is 1. The first kappa shape index (κ1) is 22.0. The lowest BCUT2D eigenvalue weighted by atomic mass is 9.87. The van der Waals surface area contributed by atoms with Crippen LogP contribution in [0.5, 0.6) is 5.75 Å². The van der Waals surface area contributed by atoms with E-state index < -0.39 is 17.9 Å². The van der Waals surface area contributed by atoms with Gasteiger partial charge in [0, 0.05) is 53.4 Å². The van der Waals surface area contributed by atoms with Gasteiger partial charge >= 0.3 is 5.97 Å². The molecule has 2 N–H and O–H groups in total. The number of nitrogens with zero attached hydrogens (tertiary/aromatic N) is 3. The lowest BCUT2D eigenvalue weighted by Crippen LogP contribution is -2.20. The van der Waals surface area contributed by atoms with E-state index in [0.717, 1.165) is 46.2 Å². The molecular weight excluding hydrogens is 455 g/mol. The standard InChI is InChI=1S/C25H25FN4O5/c1-33-19-10-16(2-3-17(19)26)30-18-8-14-11-27-29-24(14)28-22(18)21(15-9-20(25(31)32)35-12-15)23(30)13-4-6-34-7-5-13/h2-3,8,10-11,13,15,20H,4-7,9,12H2,1H3,(H,31,32)(H,27,28,29)/t15-,20?/m0/s1. The van der Waals surface area contributed by atoms with Gasteiger partial charge in [0.05, 0.1) is 30.9 Å². The second-order valence-electron chi connectivity index (χ2n) is 9.10. The zero-order chi connectivity index (χ0) is 24.1. The smallest absolute Gasteiger partial charge is 0.332 e. The zero-order valence-corrected chi connectivity index (χ0v) is 19.2. The number of pyridine rings is 1. The molecule has 2 fully saturated rings. The topological polar surface area (TPSA) is 111 Å². The first-order valence-corrected chi connectivity index (χ1v) is 11.7. The molecule has 0 spiro atoms. The highest BCUT2D eigenvalue weighted by atomic mass is 19.1. The van der Waals surface area contributed by atoms with Gasteiger partial charge in [0.25, 0.3) is 0 Å². The van der Waals surface area contributed by atoms with E-state index in [-0.39, 0.29) is 17.6 Å². The van der Waals surface area contributed by atoms with Crippen molar-refractivity contribution >= 4 is 28.0 Å². The lowest BCUT2D eigenvalue weighted by Gasteiger charge is -2.26. The van der Waals surface area contributed by atoms with Crippen LogP contribution in [-0.2, 0) is 14.3 Å². The zero-order valence-electron chi connectivity index (χ0n) is 19.2. The fourth-order valence-corrected chi connectivity index (χ4v) is 5.45. The highest BCUT2D eigenvalue weighted by Crippen LogP contribution is 2.45. The van der Waals surface area contributed by atoms with Gasteiger partial charge in [0.1, 0.15) is 0 Å². The van der Waals surface area contributed by atoms with Crippen LogP contribution in [-0.4, -0.2) is 63.9 Å². The summed E-state index contributed by atoms with van der Waals surface area (Å²) in [5.74, 6) is -1.24. The van der Waals surface area contributed by atoms with E-state index in [0.29, 0.717) is 31.9 Å². The van der Waals surface area contributed by atoms with E-state index in [2.05, 4.69) is 14.8 Å². The number of carboxylic acid groups (broad SMARTS) is 1. The van der Waals surface area contributed by atoms with Crippen LogP contribution in [0.4, 0.5) is 4.39 Å². The normalized spacial score (nSPS) is 21.2. The summed E-state index contributed by atoms with van der Waals surface area (Å²) in [4.78, 5) is 16.6. The Morgan fingerprint density at radius 3 is 2.83 bits per heavy atom. The van der Waals surface area contributed by atoms with Crippen LogP contribution in [0, 0.1) is 5.82 Å². The summed E-state index contributed by atoms with van der Waals surface area (Å²) >= 11 is 0. The van der Waals surface area contributed by atoms with Gasteiger partial charge in [0.2, 0.25) is 0 Å². The van der Waals surface area contributed by atoms with Gasteiger partial charge in [-0.25, -0.2) is 14.2 Å². The molecule has 2 saturated heterocycles. The van der Waals surface area contributed by atoms with E-state index in [1.807, 2.05) is 6.07 Å². The first-order chi connectivity index (χ1) is 17.0. The van der Waals surface area contributed by atoms with E-state index in [4.69, 9.17) is 19.2 Å². The van der Waals surface area contributed by atoms with Crippen molar-refractivity contribution in [1.82, 2.24) is 19.7 Å². The Bertz CT molecular complexity index is 1420. The van der Waals surface area contributed by atoms with Gasteiger partial charge in [0.15, 0.2) is 23.3 Å². The summed E-state index contributed by atoms with van der Waals surface area (Å²) in [7, 11) is 1.44. The number of halogens is 1. The van der Waals surface area contributed by atoms with E-state index in [1.165, 1.54) is 13.2 Å². The molecule has 2 aliphatic rings. The maximum atomic E-state index is 14.3. The van der Waals surface area contributed by atoms with E-state index in [1.54, 1.807) is 18.3 Å². The highest BCUT2D eigenvalue weighted by Gasteiger charge is 2.38. The number of H-pyrrole nitrogens is 1. The molecule has 35 heavy (non-hydrogen) atoms. The fourth-order valence-electron chi connectivity index (χ4n) is 5.45. The molecule has 1 aromatic carbocycles. The Kier molecular flexibility index (Phi) is 5.42. The molecule has 182 valence electrons. The number of methoxy groups -OCH3 is 1. The number of nitrogens with one attached hydrogen (secondary N) is 1. The van der Waals surface area contributed by atoms with Crippen molar-refractivity contribution in [3.63, 3.8) is 0 Å². The minimum Gasteiger partial charge on any atom is -0.494 e. The predicted octanol–water partition coefficient (Wildman–Crippen LogP) is 3.90. The molecule has 0 saturated carbocycles. The summed E-state index contributed by atoms with van der Waals surface area (Å²) in [6, 6.07) is 6.84. The van der Waals surface area contributed by atoms with Crippen LogP contribution in [0.2, 0.25) is 0 Å². The molecule has 3 aromatic heterocycles. The van der Waals surface area contributed by atoms with Gasteiger partial charge in [-0.3, -0.25) is 5.10 Å². The fraction of sp³-hybridized carbons (Fsp3) is 0.400. The summed E-state index contributed by atoms with van der Waals surface area (Å²) < 4.78 is 33.1. The molecule has 0 bridgehead atoms. The largest absolute Gasteiger partial charge is 0.494 e. The van der Waals surface area contributed by atoms with Crippen molar-refractivity contribution in [2.75, 3.05) is 26.9 Å². The quantitative estimate of drug-likeness (QED) is 0.446. The molecule has 0 radical (unpaired) electrons. The van der Waals surface area contributed by atoms with Crippen molar-refractivity contribution < 1.29 is 28.5 Å². The van der Waals surface area contributed by atoms with Gasteiger partial charge in [-0.15, -0.1) is 0 Å². The number of ether oxygens (including phenoxy) is 3. The minimum atomic E-state index is -0.962. The summed E-state index contributed by atoms with van der Waals surface area (Å²) in [6.07, 6.45) is 2.86. The van der Waals surface area contributed by atoms with Crippen molar-refractivity contribution in [2.45, 2.75) is 37.2 Å². The molecule has 0 amide bonds. The van der Waals surface area contributed by atoms with Crippen molar-refractivity contribution in [3.05, 3.63) is 47.5 Å². The number of benzene rings is 1. The summed E-state index contributed by atoms with van der Waals surface area (Å²) in [5, 5.41) is 17.5. The number of aromatic amines is 1. The molecule has 2 atom stereocenters. The Morgan fingerprint density at radius 2 is 2.09 bits per heavy atom. The van der Waals surface area contributed by atoms with Gasteiger partial charge in [-0.1, -0.05) is 0 Å². The Balaban J connectivity index is 1.66. The molecule has 6 rings (SSSR count). The molecular formula is C25H25FN4O5. The van der Waals surface area contributed by atoms with E-state index in [9.17, 15) is 14.3 Å². The predicted molar refractivity (Wildman–Crippen MR) is 125 cm³/mol. The van der Waals surface area contributed by atoms with Crippen LogP contribution in [0.3, 0.4) is 0 Å². The summed E-state index contributed by atoms with van der Waals surface area (Å²) in [6.45, 7) is 1.56. The molecule has 2 aliphatic heterocycles. The maximum absolute atomic E-state index is 14.3. The number of hydrogen-bond donors (Lipinski definition) is 2. The third kappa shape index (κ3) is 3.64. The number of aromatic nitrogens is 4. The lowest BCUT2D eigenvalue weighted by molar-refractivity contribution is -0.147. The third-order valence-electron chi connectivity index (χ3n) is 7.10. The SMILES string of the molecule is COc1cc(-n2c(C3CCOCC3)c([C@@H]3COC(C(=O)O)C3)c3nc4[nH]ncc4cc32)ccc1F. The van der Waals surface area contributed by atoms with Crippen LogP contribution >= 0.6 is 0 Å². The van der Waals surface area contributed by atoms with Crippen LogP contribution in [0.1, 0.15) is 42.4 Å². The number of rotatable bonds is 5. The van der Waals surface area contributed by atoms with Crippen LogP contribution in [0.25, 0.3) is 27.8 Å². The van der Waals surface area contributed by atoms with E-state index >= 15 is 0 Å². The molecule has 4 aromatic rings. The van der Waals surface area contributed by atoms with Crippen LogP contribution in [0.15, 0.2) is 30.5 Å². The summed E-state index contributed by atoms with van der Waals surface area (Å²) in [5.41, 5.74) is 5.05. The monoisotopic (exact) mass is 480 g/mol. The number of carbonyl (C=O) groups is 1. The number of aliphatic carboxylic acids is 1. The van der Waals surface area contributed by atoms with Crippen molar-refractivity contribution in [1.29, 1.82) is 0 Å². The average Bonchev–Trinajstić information content (AvgIpc) is 3.60. The average molecular weight is 480 g/mol. The minimum absolute atomic E-state index is 0.145. The highest BCUT2D eigenvalue weighted by molar-refractivity contribution is 5.94. The van der Waals surface area contributed by atoms with Gasteiger partial charge < -0.3 is 23.9 Å². The molecule has 1 unspecified atom stereocenters. The van der Waals surface area contributed by atoms with Gasteiger partial charge in [-0.2, -0.15) is 5.10 Å². The second-order valence-corrected chi connectivity index (χ2v) is 9.10. The maximum Gasteiger partial charge on any atom is 0.332 e. The van der Waals surface area contributed by atoms with Crippen molar-refractivity contribution in [3.8, 4) is 11.4 Å². The molecule has 9 nitrogen and oxygen atoms in total. The number of fused-ring (bicyclic) bond motifs is 2. The number of hydrogen-bond acceptors (Lipinski definition) is 6. The van der Waals surface area contributed by atoms with Gasteiger partial charge in [-0.05, 0) is 37.5 Å². The molecule has 0 aliphatic carbocycles. The Morgan fingerprint density at radius 1 is 1.26 bits per heavy atom. The van der Waals surface area contributed by atoms with Crippen LogP contribution < -0.4 is 4.74 Å². The molecule has 5 heterocycles. The molecule has 10 heteroatoms. The third-order valence-corrected chi connectivity index (χ3v) is 7.10. The Hall–Kier alpha value is -3.50. The first-order valence-electron chi connectivity index (χ1n) is 11.7.